The largest absolute Gasteiger partial charge is 0.379 e. The lowest BCUT2D eigenvalue weighted by molar-refractivity contribution is 0.0209. The summed E-state index contributed by atoms with van der Waals surface area (Å²) >= 11 is 6.48. The fraction of sp³-hybridized carbons (Fsp3) is 0.625. The molecule has 1 aromatic carbocycles. The molecule has 2 aliphatic heterocycles. The topological polar surface area (TPSA) is 27.7 Å². The van der Waals surface area contributed by atoms with Crippen molar-refractivity contribution in [3.05, 3.63) is 28.8 Å². The lowest BCUT2D eigenvalue weighted by Gasteiger charge is -2.32. The summed E-state index contributed by atoms with van der Waals surface area (Å²) in [4.78, 5) is 5.02. The normalized spacial score (nSPS) is 23.7. The molecule has 4 nitrogen and oxygen atoms in total. The molecule has 2 aliphatic rings. The molecule has 1 N–H and O–H groups in total. The Morgan fingerprint density at radius 2 is 2.10 bits per heavy atom. The van der Waals surface area contributed by atoms with E-state index in [0.29, 0.717) is 6.04 Å². The summed E-state index contributed by atoms with van der Waals surface area (Å²) in [7, 11) is 1.98. The molecule has 0 bridgehead atoms. The highest BCUT2D eigenvalue weighted by molar-refractivity contribution is 6.33. The van der Waals surface area contributed by atoms with Gasteiger partial charge in [-0.1, -0.05) is 23.7 Å². The van der Waals surface area contributed by atoms with Gasteiger partial charge in [-0.2, -0.15) is 0 Å². The smallest absolute Gasteiger partial charge is 0.0642 e. The van der Waals surface area contributed by atoms with Gasteiger partial charge in [0.05, 0.1) is 23.9 Å². The molecule has 3 rings (SSSR count). The Morgan fingerprint density at radius 1 is 1.29 bits per heavy atom. The van der Waals surface area contributed by atoms with Crippen molar-refractivity contribution in [3.63, 3.8) is 0 Å². The third-order valence-corrected chi connectivity index (χ3v) is 4.78. The van der Waals surface area contributed by atoms with Gasteiger partial charge in [0.2, 0.25) is 0 Å². The zero-order chi connectivity index (χ0) is 14.7. The second-order valence-corrected chi connectivity index (χ2v) is 6.22. The van der Waals surface area contributed by atoms with Gasteiger partial charge in [0.25, 0.3) is 0 Å². The summed E-state index contributed by atoms with van der Waals surface area (Å²) in [5.41, 5.74) is 2.50. The quantitative estimate of drug-likeness (QED) is 0.920. The van der Waals surface area contributed by atoms with Gasteiger partial charge >= 0.3 is 0 Å². The minimum Gasteiger partial charge on any atom is -0.379 e. The van der Waals surface area contributed by atoms with Crippen LogP contribution in [0.4, 0.5) is 5.69 Å². The van der Waals surface area contributed by atoms with Crippen molar-refractivity contribution in [2.75, 3.05) is 51.3 Å². The first-order valence-electron chi connectivity index (χ1n) is 7.78. The van der Waals surface area contributed by atoms with Crippen LogP contribution >= 0.6 is 11.6 Å². The van der Waals surface area contributed by atoms with Crippen molar-refractivity contribution in [1.82, 2.24) is 10.2 Å². The SMILES string of the molecule is CNCc1cccc(Cl)c1N1CCC(N2CCOCC2)C1. The maximum Gasteiger partial charge on any atom is 0.0642 e. The van der Waals surface area contributed by atoms with Crippen LogP contribution < -0.4 is 10.2 Å². The number of hydrogen-bond donors (Lipinski definition) is 1. The summed E-state index contributed by atoms with van der Waals surface area (Å²) < 4.78 is 5.46. The molecule has 2 fully saturated rings. The third-order valence-electron chi connectivity index (χ3n) is 4.48. The predicted molar refractivity (Wildman–Crippen MR) is 87.2 cm³/mol. The Bertz CT molecular complexity index is 477. The highest BCUT2D eigenvalue weighted by Crippen LogP contribution is 2.33. The van der Waals surface area contributed by atoms with E-state index in [1.54, 1.807) is 0 Å². The first-order valence-corrected chi connectivity index (χ1v) is 8.16. The fourth-order valence-corrected chi connectivity index (χ4v) is 3.75. The number of hydrogen-bond acceptors (Lipinski definition) is 4. The van der Waals surface area contributed by atoms with Crippen LogP contribution in [0.2, 0.25) is 5.02 Å². The highest BCUT2D eigenvalue weighted by atomic mass is 35.5. The van der Waals surface area contributed by atoms with E-state index in [2.05, 4.69) is 21.2 Å². The zero-order valence-electron chi connectivity index (χ0n) is 12.6. The molecule has 0 spiro atoms. The van der Waals surface area contributed by atoms with Crippen molar-refractivity contribution in [1.29, 1.82) is 0 Å². The molecular weight excluding hydrogens is 286 g/mol. The summed E-state index contributed by atoms with van der Waals surface area (Å²) in [6.07, 6.45) is 1.21. The van der Waals surface area contributed by atoms with E-state index in [0.717, 1.165) is 51.0 Å². The molecule has 5 heteroatoms. The molecule has 0 aliphatic carbocycles. The van der Waals surface area contributed by atoms with Gasteiger partial charge in [-0.15, -0.1) is 0 Å². The lowest BCUT2D eigenvalue weighted by atomic mass is 10.1. The average molecular weight is 310 g/mol. The van der Waals surface area contributed by atoms with Crippen LogP contribution in [0.15, 0.2) is 18.2 Å². The standard InChI is InChI=1S/C16H24ClN3O/c1-18-11-13-3-2-4-15(17)16(13)20-6-5-14(12-20)19-7-9-21-10-8-19/h2-4,14,18H,5-12H2,1H3. The molecule has 21 heavy (non-hydrogen) atoms. The number of benzene rings is 1. The van der Waals surface area contributed by atoms with Crippen LogP contribution in [0.3, 0.4) is 0 Å². The molecule has 1 aromatic rings. The lowest BCUT2D eigenvalue weighted by Crippen LogP contribution is -2.44. The number of anilines is 1. The number of nitrogens with zero attached hydrogens (tertiary/aromatic N) is 2. The van der Waals surface area contributed by atoms with Crippen LogP contribution in [0.25, 0.3) is 0 Å². The first-order chi connectivity index (χ1) is 10.3. The Balaban J connectivity index is 1.73. The zero-order valence-corrected chi connectivity index (χ0v) is 13.4. The molecule has 1 unspecified atom stereocenters. The van der Waals surface area contributed by atoms with Crippen molar-refractivity contribution in [2.24, 2.45) is 0 Å². The first kappa shape index (κ1) is 15.1. The van der Waals surface area contributed by atoms with E-state index in [9.17, 15) is 0 Å². The third kappa shape index (κ3) is 3.34. The second kappa shape index (κ2) is 6.97. The van der Waals surface area contributed by atoms with E-state index >= 15 is 0 Å². The van der Waals surface area contributed by atoms with E-state index in [1.807, 2.05) is 19.2 Å². The summed E-state index contributed by atoms with van der Waals surface area (Å²) in [6, 6.07) is 6.83. The number of ether oxygens (including phenoxy) is 1. The maximum absolute atomic E-state index is 6.48. The Labute approximate surface area is 132 Å². The van der Waals surface area contributed by atoms with Crippen molar-refractivity contribution in [2.45, 2.75) is 19.0 Å². The van der Waals surface area contributed by atoms with Gasteiger partial charge in [0, 0.05) is 38.8 Å². The van der Waals surface area contributed by atoms with Crippen molar-refractivity contribution in [3.8, 4) is 0 Å². The summed E-state index contributed by atoms with van der Waals surface area (Å²) in [5, 5.41) is 4.10. The maximum atomic E-state index is 6.48. The number of para-hydroxylation sites is 1. The monoisotopic (exact) mass is 309 g/mol. The number of rotatable bonds is 4. The molecule has 0 saturated carbocycles. The molecular formula is C16H24ClN3O. The van der Waals surface area contributed by atoms with E-state index in [-0.39, 0.29) is 0 Å². The summed E-state index contributed by atoms with van der Waals surface area (Å²) in [5.74, 6) is 0. The molecule has 116 valence electrons. The van der Waals surface area contributed by atoms with Crippen molar-refractivity contribution >= 4 is 17.3 Å². The Kier molecular flexibility index (Phi) is 5.01. The molecule has 2 heterocycles. The van der Waals surface area contributed by atoms with Crippen LogP contribution in [0.1, 0.15) is 12.0 Å². The predicted octanol–water partition coefficient (Wildman–Crippen LogP) is 1.97. The molecule has 2 saturated heterocycles. The number of morpholine rings is 1. The van der Waals surface area contributed by atoms with E-state index in [1.165, 1.54) is 17.7 Å². The fourth-order valence-electron chi connectivity index (χ4n) is 3.43. The van der Waals surface area contributed by atoms with Gasteiger partial charge in [0.1, 0.15) is 0 Å². The van der Waals surface area contributed by atoms with Gasteiger partial charge in [-0.05, 0) is 25.1 Å². The van der Waals surface area contributed by atoms with Gasteiger partial charge in [0.15, 0.2) is 0 Å². The van der Waals surface area contributed by atoms with Crippen LogP contribution in [0.5, 0.6) is 0 Å². The second-order valence-electron chi connectivity index (χ2n) is 5.81. The molecule has 0 radical (unpaired) electrons. The van der Waals surface area contributed by atoms with E-state index in [4.69, 9.17) is 16.3 Å². The molecule has 1 atom stereocenters. The minimum absolute atomic E-state index is 0.632. The summed E-state index contributed by atoms with van der Waals surface area (Å²) in [6.45, 7) is 6.87. The Morgan fingerprint density at radius 3 is 2.86 bits per heavy atom. The van der Waals surface area contributed by atoms with Crippen molar-refractivity contribution < 1.29 is 4.74 Å². The number of halogens is 1. The van der Waals surface area contributed by atoms with Crippen LogP contribution in [-0.2, 0) is 11.3 Å². The number of nitrogens with one attached hydrogen (secondary N) is 1. The average Bonchev–Trinajstić information content (AvgIpc) is 2.98. The van der Waals surface area contributed by atoms with E-state index < -0.39 is 0 Å². The minimum atomic E-state index is 0.632. The van der Waals surface area contributed by atoms with Gasteiger partial charge in [-0.25, -0.2) is 0 Å². The van der Waals surface area contributed by atoms with Gasteiger partial charge < -0.3 is 15.0 Å². The van der Waals surface area contributed by atoms with Gasteiger partial charge in [-0.3, -0.25) is 4.90 Å². The van der Waals surface area contributed by atoms with Crippen LogP contribution in [0, 0.1) is 0 Å². The van der Waals surface area contributed by atoms with Crippen LogP contribution in [-0.4, -0.2) is 57.4 Å². The Hall–Kier alpha value is -0.810. The molecule has 0 amide bonds. The molecule has 0 aromatic heterocycles. The highest BCUT2D eigenvalue weighted by Gasteiger charge is 2.30.